The molecule has 1 aliphatic rings. The number of hydrogen-bond donors (Lipinski definition) is 1. The van der Waals surface area contributed by atoms with Crippen LogP contribution in [0.5, 0.6) is 5.75 Å². The zero-order valence-electron chi connectivity index (χ0n) is 12.5. The van der Waals surface area contributed by atoms with E-state index >= 15 is 0 Å². The third-order valence-electron chi connectivity index (χ3n) is 4.48. The molecule has 0 radical (unpaired) electrons. The highest BCUT2D eigenvalue weighted by molar-refractivity contribution is 5.28. The van der Waals surface area contributed by atoms with Crippen molar-refractivity contribution >= 4 is 0 Å². The Morgan fingerprint density at radius 1 is 1.26 bits per heavy atom. The number of ether oxygens (including phenoxy) is 1. The summed E-state index contributed by atoms with van der Waals surface area (Å²) >= 11 is 0. The van der Waals surface area contributed by atoms with Gasteiger partial charge in [0, 0.05) is 12.6 Å². The van der Waals surface area contributed by atoms with E-state index in [1.54, 1.807) is 0 Å². The van der Waals surface area contributed by atoms with Crippen LogP contribution in [0.1, 0.15) is 45.6 Å². The highest BCUT2D eigenvalue weighted by atomic mass is 16.5. The third kappa shape index (κ3) is 3.97. The van der Waals surface area contributed by atoms with Gasteiger partial charge in [-0.2, -0.15) is 0 Å². The lowest BCUT2D eigenvalue weighted by Gasteiger charge is -2.34. The quantitative estimate of drug-likeness (QED) is 0.865. The molecule has 0 heterocycles. The minimum absolute atomic E-state index is 0.666. The van der Waals surface area contributed by atoms with Gasteiger partial charge in [0.25, 0.3) is 0 Å². The number of hydrogen-bond acceptors (Lipinski definition) is 2. The Bertz CT molecular complexity index is 391. The highest BCUT2D eigenvalue weighted by Gasteiger charge is 2.26. The Morgan fingerprint density at radius 2 is 2.11 bits per heavy atom. The fourth-order valence-corrected chi connectivity index (χ4v) is 3.03. The lowest BCUT2D eigenvalue weighted by Crippen LogP contribution is -2.40. The molecule has 1 aromatic carbocycles. The molecule has 2 nitrogen and oxygen atoms in total. The van der Waals surface area contributed by atoms with Crippen molar-refractivity contribution in [3.8, 4) is 5.75 Å². The fraction of sp³-hybridized carbons (Fsp3) is 0.647. The summed E-state index contributed by atoms with van der Waals surface area (Å²) in [5.74, 6) is 2.61. The second kappa shape index (κ2) is 6.95. The molecule has 1 N–H and O–H groups in total. The molecule has 0 aliphatic heterocycles. The number of rotatable bonds is 5. The molecule has 2 rings (SSSR count). The Balaban J connectivity index is 1.89. The van der Waals surface area contributed by atoms with Crippen LogP contribution in [-0.2, 0) is 6.54 Å². The Hall–Kier alpha value is -1.02. The first kappa shape index (κ1) is 14.4. The topological polar surface area (TPSA) is 21.3 Å². The zero-order chi connectivity index (χ0) is 13.7. The van der Waals surface area contributed by atoms with Crippen LogP contribution in [0.25, 0.3) is 0 Å². The average molecular weight is 261 g/mol. The molecule has 106 valence electrons. The van der Waals surface area contributed by atoms with Crippen LogP contribution in [0.2, 0.25) is 0 Å². The Labute approximate surface area is 117 Å². The van der Waals surface area contributed by atoms with Crippen LogP contribution in [0.15, 0.2) is 24.3 Å². The Kier molecular flexibility index (Phi) is 5.26. The van der Waals surface area contributed by atoms with Crippen molar-refractivity contribution in [2.75, 3.05) is 6.61 Å². The summed E-state index contributed by atoms with van der Waals surface area (Å²) in [6, 6.07) is 9.09. The summed E-state index contributed by atoms with van der Waals surface area (Å²) in [6.45, 7) is 8.47. The monoisotopic (exact) mass is 261 g/mol. The summed E-state index contributed by atoms with van der Waals surface area (Å²) in [4.78, 5) is 0. The molecule has 0 bridgehead atoms. The minimum atomic E-state index is 0.666. The summed E-state index contributed by atoms with van der Waals surface area (Å²) in [7, 11) is 0. The fourth-order valence-electron chi connectivity index (χ4n) is 3.03. The van der Waals surface area contributed by atoms with E-state index in [9.17, 15) is 0 Å². The lowest BCUT2D eigenvalue weighted by atomic mass is 9.78. The summed E-state index contributed by atoms with van der Waals surface area (Å²) in [6.07, 6.45) is 4.07. The molecule has 0 spiro atoms. The number of benzene rings is 1. The maximum Gasteiger partial charge on any atom is 0.119 e. The van der Waals surface area contributed by atoms with Crippen LogP contribution in [0.4, 0.5) is 0 Å². The summed E-state index contributed by atoms with van der Waals surface area (Å²) < 4.78 is 5.55. The first-order chi connectivity index (χ1) is 9.20. The molecule has 1 aliphatic carbocycles. The first-order valence-corrected chi connectivity index (χ1v) is 7.65. The van der Waals surface area contributed by atoms with Crippen molar-refractivity contribution in [2.45, 2.75) is 52.6 Å². The predicted octanol–water partition coefficient (Wildman–Crippen LogP) is 4.00. The van der Waals surface area contributed by atoms with Crippen molar-refractivity contribution < 1.29 is 4.74 Å². The average Bonchev–Trinajstić information content (AvgIpc) is 2.41. The van der Waals surface area contributed by atoms with Gasteiger partial charge in [-0.05, 0) is 42.9 Å². The van der Waals surface area contributed by atoms with E-state index in [4.69, 9.17) is 4.74 Å². The second-order valence-electron chi connectivity index (χ2n) is 5.84. The van der Waals surface area contributed by atoms with E-state index in [0.717, 1.165) is 30.7 Å². The maximum atomic E-state index is 5.55. The van der Waals surface area contributed by atoms with Crippen molar-refractivity contribution in [1.29, 1.82) is 0 Å². The van der Waals surface area contributed by atoms with Gasteiger partial charge in [0.15, 0.2) is 0 Å². The van der Waals surface area contributed by atoms with Crippen LogP contribution < -0.4 is 10.1 Å². The molecular weight excluding hydrogens is 234 g/mol. The summed E-state index contributed by atoms with van der Waals surface area (Å²) in [5, 5.41) is 3.73. The molecule has 1 aromatic rings. The van der Waals surface area contributed by atoms with Crippen molar-refractivity contribution in [2.24, 2.45) is 11.8 Å². The molecule has 1 fully saturated rings. The largest absolute Gasteiger partial charge is 0.494 e. The molecule has 0 aromatic heterocycles. The molecular formula is C17H27NO. The molecule has 2 heteroatoms. The van der Waals surface area contributed by atoms with Gasteiger partial charge < -0.3 is 10.1 Å². The van der Waals surface area contributed by atoms with Gasteiger partial charge in [-0.15, -0.1) is 0 Å². The molecule has 0 saturated heterocycles. The first-order valence-electron chi connectivity index (χ1n) is 7.65. The van der Waals surface area contributed by atoms with Gasteiger partial charge in [-0.3, -0.25) is 0 Å². The van der Waals surface area contributed by atoms with E-state index in [1.807, 2.05) is 13.0 Å². The van der Waals surface area contributed by atoms with Crippen LogP contribution in [0, 0.1) is 11.8 Å². The van der Waals surface area contributed by atoms with Crippen molar-refractivity contribution in [1.82, 2.24) is 5.32 Å². The SMILES string of the molecule is CCOc1cccc(CNC2CCCC(C)C2C)c1. The van der Waals surface area contributed by atoms with Crippen molar-refractivity contribution in [3.05, 3.63) is 29.8 Å². The molecule has 3 unspecified atom stereocenters. The van der Waals surface area contributed by atoms with Gasteiger partial charge in [-0.25, -0.2) is 0 Å². The van der Waals surface area contributed by atoms with Gasteiger partial charge >= 0.3 is 0 Å². The number of nitrogens with one attached hydrogen (secondary N) is 1. The maximum absolute atomic E-state index is 5.55. The normalized spacial score (nSPS) is 27.2. The standard InChI is InChI=1S/C17H27NO/c1-4-19-16-9-6-8-15(11-16)12-18-17-10-5-7-13(2)14(17)3/h6,8-9,11,13-14,17-18H,4-5,7,10,12H2,1-3H3. The lowest BCUT2D eigenvalue weighted by molar-refractivity contribution is 0.206. The minimum Gasteiger partial charge on any atom is -0.494 e. The van der Waals surface area contributed by atoms with Crippen LogP contribution in [0.3, 0.4) is 0 Å². The highest BCUT2D eigenvalue weighted by Crippen LogP contribution is 2.29. The van der Waals surface area contributed by atoms with E-state index in [1.165, 1.54) is 24.8 Å². The van der Waals surface area contributed by atoms with Gasteiger partial charge in [0.2, 0.25) is 0 Å². The van der Waals surface area contributed by atoms with E-state index < -0.39 is 0 Å². The molecule has 19 heavy (non-hydrogen) atoms. The second-order valence-corrected chi connectivity index (χ2v) is 5.84. The van der Waals surface area contributed by atoms with E-state index in [2.05, 4.69) is 37.4 Å². The zero-order valence-corrected chi connectivity index (χ0v) is 12.5. The van der Waals surface area contributed by atoms with E-state index in [-0.39, 0.29) is 0 Å². The van der Waals surface area contributed by atoms with Crippen LogP contribution >= 0.6 is 0 Å². The molecule has 0 amide bonds. The Morgan fingerprint density at radius 3 is 2.89 bits per heavy atom. The van der Waals surface area contributed by atoms with E-state index in [0.29, 0.717) is 6.04 Å². The molecule has 1 saturated carbocycles. The molecule has 3 atom stereocenters. The smallest absolute Gasteiger partial charge is 0.119 e. The van der Waals surface area contributed by atoms with Crippen molar-refractivity contribution in [3.63, 3.8) is 0 Å². The third-order valence-corrected chi connectivity index (χ3v) is 4.48. The van der Waals surface area contributed by atoms with Gasteiger partial charge in [0.05, 0.1) is 6.61 Å². The van der Waals surface area contributed by atoms with Crippen LogP contribution in [-0.4, -0.2) is 12.6 Å². The predicted molar refractivity (Wildman–Crippen MR) is 80.4 cm³/mol. The van der Waals surface area contributed by atoms with Gasteiger partial charge in [0.1, 0.15) is 5.75 Å². The summed E-state index contributed by atoms with van der Waals surface area (Å²) in [5.41, 5.74) is 1.32. The van der Waals surface area contributed by atoms with Gasteiger partial charge in [-0.1, -0.05) is 38.8 Å².